The van der Waals surface area contributed by atoms with Gasteiger partial charge in [0.2, 0.25) is 5.91 Å². The molecule has 3 rings (SSSR count). The Kier molecular flexibility index (Phi) is 3.48. The first-order valence-corrected chi connectivity index (χ1v) is 7.02. The van der Waals surface area contributed by atoms with Crippen molar-refractivity contribution in [1.29, 1.82) is 0 Å². The summed E-state index contributed by atoms with van der Waals surface area (Å²) in [5, 5.41) is 4.47. The van der Waals surface area contributed by atoms with Gasteiger partial charge < -0.3 is 15.2 Å². The highest BCUT2D eigenvalue weighted by Crippen LogP contribution is 2.31. The lowest BCUT2D eigenvalue weighted by Crippen LogP contribution is -2.44. The van der Waals surface area contributed by atoms with Gasteiger partial charge in [0.25, 0.3) is 0 Å². The second-order valence-corrected chi connectivity index (χ2v) is 5.43. The third kappa shape index (κ3) is 2.43. The van der Waals surface area contributed by atoms with Crippen molar-refractivity contribution in [2.24, 2.45) is 0 Å². The number of hydrogen-bond donors (Lipinski definition) is 2. The molecule has 7 heteroatoms. The van der Waals surface area contributed by atoms with Crippen LogP contribution >= 0.6 is 11.6 Å². The van der Waals surface area contributed by atoms with Crippen LogP contribution in [0.25, 0.3) is 11.0 Å². The Morgan fingerprint density at radius 1 is 1.45 bits per heavy atom. The highest BCUT2D eigenvalue weighted by Gasteiger charge is 2.23. The lowest BCUT2D eigenvalue weighted by atomic mass is 10.0. The Labute approximate surface area is 121 Å². The summed E-state index contributed by atoms with van der Waals surface area (Å²) in [7, 11) is 0. The summed E-state index contributed by atoms with van der Waals surface area (Å²) in [5.41, 5.74) is 0.754. The number of aromatic nitrogens is 3. The average molecular weight is 294 g/mol. The molecule has 1 saturated heterocycles. The quantitative estimate of drug-likeness (QED) is 0.884. The first kappa shape index (κ1) is 13.2. The number of nitrogens with one attached hydrogen (secondary N) is 2. The molecule has 2 N–H and O–H groups in total. The summed E-state index contributed by atoms with van der Waals surface area (Å²) in [6.45, 7) is 3.25. The van der Waals surface area contributed by atoms with E-state index in [1.807, 2.05) is 0 Å². The van der Waals surface area contributed by atoms with E-state index in [1.165, 1.54) is 0 Å². The van der Waals surface area contributed by atoms with E-state index >= 15 is 0 Å². The van der Waals surface area contributed by atoms with Crippen LogP contribution in [0.15, 0.2) is 12.5 Å². The van der Waals surface area contributed by atoms with E-state index in [2.05, 4.69) is 25.2 Å². The van der Waals surface area contributed by atoms with E-state index in [0.29, 0.717) is 5.02 Å². The number of H-pyrrole nitrogens is 1. The number of aromatic amines is 1. The zero-order valence-corrected chi connectivity index (χ0v) is 11.9. The predicted octanol–water partition coefficient (Wildman–Crippen LogP) is 1.72. The summed E-state index contributed by atoms with van der Waals surface area (Å²) >= 11 is 6.20. The summed E-state index contributed by atoms with van der Waals surface area (Å²) in [6, 6.07) is 0.253. The van der Waals surface area contributed by atoms with Crippen LogP contribution in [0.2, 0.25) is 5.02 Å². The zero-order valence-electron chi connectivity index (χ0n) is 11.2. The van der Waals surface area contributed by atoms with E-state index in [4.69, 9.17) is 11.6 Å². The molecular weight excluding hydrogens is 278 g/mol. The van der Waals surface area contributed by atoms with Crippen LogP contribution in [0.5, 0.6) is 0 Å². The van der Waals surface area contributed by atoms with E-state index in [0.717, 1.165) is 42.8 Å². The van der Waals surface area contributed by atoms with Crippen LogP contribution in [-0.2, 0) is 4.79 Å². The first-order chi connectivity index (χ1) is 9.65. The molecular formula is C13H16ClN5O. The number of anilines is 1. The topological polar surface area (TPSA) is 73.9 Å². The number of piperidine rings is 1. The second-order valence-electron chi connectivity index (χ2n) is 5.02. The number of rotatable bonds is 2. The summed E-state index contributed by atoms with van der Waals surface area (Å²) < 4.78 is 0. The van der Waals surface area contributed by atoms with Crippen molar-refractivity contribution in [3.8, 4) is 0 Å². The fourth-order valence-corrected chi connectivity index (χ4v) is 2.90. The van der Waals surface area contributed by atoms with Crippen molar-refractivity contribution in [3.05, 3.63) is 17.5 Å². The highest BCUT2D eigenvalue weighted by molar-refractivity contribution is 6.36. The standard InChI is InChI=1S/C13H16ClN5O/c1-8(20)18-9-2-4-19(5-3-9)13-11-10(14)6-15-12(11)16-7-17-13/h6-7,9H,2-5H2,1H3,(H,18,20)(H,15,16,17). The van der Waals surface area contributed by atoms with E-state index < -0.39 is 0 Å². The number of carbonyl (C=O) groups is 1. The van der Waals surface area contributed by atoms with E-state index in [-0.39, 0.29) is 11.9 Å². The average Bonchev–Trinajstić information content (AvgIpc) is 2.81. The molecule has 1 aliphatic heterocycles. The molecule has 1 aliphatic rings. The Morgan fingerprint density at radius 3 is 2.90 bits per heavy atom. The fraction of sp³-hybridized carbons (Fsp3) is 0.462. The van der Waals surface area contributed by atoms with Gasteiger partial charge in [0, 0.05) is 32.3 Å². The summed E-state index contributed by atoms with van der Waals surface area (Å²) in [4.78, 5) is 24.9. The molecule has 0 atom stereocenters. The SMILES string of the molecule is CC(=O)NC1CCN(c2ncnc3[nH]cc(Cl)c23)CC1. The van der Waals surface area contributed by atoms with Gasteiger partial charge in [-0.2, -0.15) is 0 Å². The molecule has 6 nitrogen and oxygen atoms in total. The van der Waals surface area contributed by atoms with E-state index in [1.54, 1.807) is 19.4 Å². The monoisotopic (exact) mass is 293 g/mol. The fourth-order valence-electron chi connectivity index (χ4n) is 2.67. The number of hydrogen-bond acceptors (Lipinski definition) is 4. The minimum absolute atomic E-state index is 0.0292. The molecule has 1 fully saturated rings. The number of carbonyl (C=O) groups excluding carboxylic acids is 1. The van der Waals surface area contributed by atoms with Crippen molar-refractivity contribution < 1.29 is 4.79 Å². The predicted molar refractivity (Wildman–Crippen MR) is 78.0 cm³/mol. The molecule has 3 heterocycles. The molecule has 106 valence electrons. The van der Waals surface area contributed by atoms with Crippen LogP contribution in [0.3, 0.4) is 0 Å². The van der Waals surface area contributed by atoms with E-state index in [9.17, 15) is 4.79 Å². The lowest BCUT2D eigenvalue weighted by Gasteiger charge is -2.33. The molecule has 0 aliphatic carbocycles. The molecule has 0 unspecified atom stereocenters. The van der Waals surface area contributed by atoms with Crippen molar-refractivity contribution >= 4 is 34.4 Å². The van der Waals surface area contributed by atoms with Gasteiger partial charge in [0.05, 0.1) is 10.4 Å². The first-order valence-electron chi connectivity index (χ1n) is 6.65. The maximum absolute atomic E-state index is 11.1. The van der Waals surface area contributed by atoms with Crippen molar-refractivity contribution in [3.63, 3.8) is 0 Å². The number of fused-ring (bicyclic) bond motifs is 1. The molecule has 0 bridgehead atoms. The van der Waals surface area contributed by atoms with Crippen LogP contribution in [0, 0.1) is 0 Å². The van der Waals surface area contributed by atoms with Crippen LogP contribution in [0.1, 0.15) is 19.8 Å². The highest BCUT2D eigenvalue weighted by atomic mass is 35.5. The van der Waals surface area contributed by atoms with Gasteiger partial charge in [-0.25, -0.2) is 9.97 Å². The van der Waals surface area contributed by atoms with Crippen LogP contribution in [0.4, 0.5) is 5.82 Å². The Hall–Kier alpha value is -1.82. The molecule has 2 aromatic rings. The third-order valence-corrected chi connectivity index (χ3v) is 3.90. The van der Waals surface area contributed by atoms with Gasteiger partial charge >= 0.3 is 0 Å². The molecule has 1 amide bonds. The molecule has 0 spiro atoms. The minimum atomic E-state index is 0.0292. The van der Waals surface area contributed by atoms with Gasteiger partial charge in [-0.1, -0.05) is 11.6 Å². The zero-order chi connectivity index (χ0) is 14.1. The largest absolute Gasteiger partial charge is 0.356 e. The van der Waals surface area contributed by atoms with Crippen LogP contribution in [-0.4, -0.2) is 40.0 Å². The molecule has 0 saturated carbocycles. The van der Waals surface area contributed by atoms with Gasteiger partial charge in [0.15, 0.2) is 0 Å². The molecule has 0 radical (unpaired) electrons. The van der Waals surface area contributed by atoms with Crippen molar-refractivity contribution in [2.75, 3.05) is 18.0 Å². The summed E-state index contributed by atoms with van der Waals surface area (Å²) in [6.07, 6.45) is 5.10. The molecule has 0 aromatic carbocycles. The Bertz CT molecular complexity index is 633. The maximum Gasteiger partial charge on any atom is 0.217 e. The Morgan fingerprint density at radius 2 is 2.20 bits per heavy atom. The smallest absolute Gasteiger partial charge is 0.217 e. The van der Waals surface area contributed by atoms with Gasteiger partial charge in [-0.05, 0) is 12.8 Å². The van der Waals surface area contributed by atoms with Gasteiger partial charge in [0.1, 0.15) is 17.8 Å². The number of halogens is 1. The van der Waals surface area contributed by atoms with Gasteiger partial charge in [-0.15, -0.1) is 0 Å². The van der Waals surface area contributed by atoms with Gasteiger partial charge in [-0.3, -0.25) is 4.79 Å². The molecule has 2 aromatic heterocycles. The van der Waals surface area contributed by atoms with Crippen molar-refractivity contribution in [2.45, 2.75) is 25.8 Å². The van der Waals surface area contributed by atoms with Crippen molar-refractivity contribution in [1.82, 2.24) is 20.3 Å². The third-order valence-electron chi connectivity index (χ3n) is 3.60. The number of amides is 1. The van der Waals surface area contributed by atoms with Crippen LogP contribution < -0.4 is 10.2 Å². The maximum atomic E-state index is 11.1. The number of nitrogens with zero attached hydrogens (tertiary/aromatic N) is 3. The molecule has 20 heavy (non-hydrogen) atoms. The normalized spacial score (nSPS) is 16.6. The minimum Gasteiger partial charge on any atom is -0.356 e. The lowest BCUT2D eigenvalue weighted by molar-refractivity contribution is -0.119. The summed E-state index contributed by atoms with van der Waals surface area (Å²) in [5.74, 6) is 0.893. The Balaban J connectivity index is 1.80. The second kappa shape index (κ2) is 5.28.